The smallest absolute Gasteiger partial charge is 0.309 e. The summed E-state index contributed by atoms with van der Waals surface area (Å²) in [6, 6.07) is 0. The average Bonchev–Trinajstić information content (AvgIpc) is 3.23. The lowest BCUT2D eigenvalue weighted by atomic mass is 10.1. The van der Waals surface area contributed by atoms with E-state index in [0.29, 0.717) is 12.8 Å². The van der Waals surface area contributed by atoms with Crippen LogP contribution in [0.3, 0.4) is 0 Å². The van der Waals surface area contributed by atoms with E-state index in [4.69, 9.17) is 14.2 Å². The number of unbranched alkanes of at least 4 members (excludes halogenated alkanes) is 9. The van der Waals surface area contributed by atoms with Crippen molar-refractivity contribution in [3.63, 3.8) is 0 Å². The van der Waals surface area contributed by atoms with Crippen molar-refractivity contribution in [1.82, 2.24) is 0 Å². The van der Waals surface area contributed by atoms with Gasteiger partial charge in [-0.25, -0.2) is 0 Å². The van der Waals surface area contributed by atoms with Crippen molar-refractivity contribution < 1.29 is 28.6 Å². The minimum absolute atomic E-state index is 0.108. The van der Waals surface area contributed by atoms with E-state index in [-0.39, 0.29) is 38.4 Å². The average molecular weight is 811 g/mol. The number of rotatable bonds is 37. The van der Waals surface area contributed by atoms with Crippen molar-refractivity contribution in [2.45, 2.75) is 155 Å². The predicted molar refractivity (Wildman–Crippen MR) is 251 cm³/mol. The Hall–Kier alpha value is -4.71. The molecule has 0 fully saturated rings. The third-order valence-corrected chi connectivity index (χ3v) is 8.55. The molecule has 0 rings (SSSR count). The SMILES string of the molecule is CC\C=C/C=C\C=C/C=C\C=C\C=C/C=C\CCCCCC(=O)OCC(COC(=O)C/C=C\C/C=C\C/C=C\CC)OC(=O)CC/C=C\C/C=C\CCCCCCCC. The van der Waals surface area contributed by atoms with Crippen LogP contribution >= 0.6 is 0 Å². The quantitative estimate of drug-likeness (QED) is 0.0204. The fraction of sp³-hybridized carbons (Fsp3) is 0.491. The minimum atomic E-state index is -0.867. The number of carbonyl (C=O) groups excluding carboxylic acids is 3. The lowest BCUT2D eigenvalue weighted by molar-refractivity contribution is -0.166. The Morgan fingerprint density at radius 2 is 0.847 bits per heavy atom. The lowest BCUT2D eigenvalue weighted by Gasteiger charge is -2.18. The second-order valence-corrected chi connectivity index (χ2v) is 14.0. The van der Waals surface area contributed by atoms with Gasteiger partial charge in [-0.1, -0.05) is 205 Å². The van der Waals surface area contributed by atoms with E-state index in [0.717, 1.165) is 57.8 Å². The summed E-state index contributed by atoms with van der Waals surface area (Å²) in [7, 11) is 0. The predicted octanol–water partition coefficient (Wildman–Crippen LogP) is 14.5. The van der Waals surface area contributed by atoms with Crippen molar-refractivity contribution in [3.05, 3.63) is 146 Å². The Bertz CT molecular complexity index is 1390. The van der Waals surface area contributed by atoms with Gasteiger partial charge in [0, 0.05) is 12.8 Å². The normalized spacial score (nSPS) is 13.5. The van der Waals surface area contributed by atoms with Crippen molar-refractivity contribution in [3.8, 4) is 0 Å². The topological polar surface area (TPSA) is 78.9 Å². The number of allylic oxidation sites excluding steroid dienone is 23. The molecule has 59 heavy (non-hydrogen) atoms. The molecule has 0 bridgehead atoms. The van der Waals surface area contributed by atoms with Crippen molar-refractivity contribution >= 4 is 17.9 Å². The summed E-state index contributed by atoms with van der Waals surface area (Å²) in [5, 5.41) is 0. The number of carbonyl (C=O) groups is 3. The van der Waals surface area contributed by atoms with Gasteiger partial charge in [-0.2, -0.15) is 0 Å². The first-order chi connectivity index (χ1) is 29.0. The van der Waals surface area contributed by atoms with Gasteiger partial charge in [0.1, 0.15) is 13.2 Å². The zero-order valence-electron chi connectivity index (χ0n) is 36.9. The molecule has 0 amide bonds. The van der Waals surface area contributed by atoms with Gasteiger partial charge >= 0.3 is 17.9 Å². The molecule has 6 nitrogen and oxygen atoms in total. The first-order valence-corrected chi connectivity index (χ1v) is 22.4. The summed E-state index contributed by atoms with van der Waals surface area (Å²) >= 11 is 0. The maximum Gasteiger partial charge on any atom is 0.309 e. The number of ether oxygens (including phenoxy) is 3. The Morgan fingerprint density at radius 3 is 1.46 bits per heavy atom. The number of hydrogen-bond donors (Lipinski definition) is 0. The number of hydrogen-bond acceptors (Lipinski definition) is 6. The largest absolute Gasteiger partial charge is 0.462 e. The molecule has 1 unspecified atom stereocenters. The van der Waals surface area contributed by atoms with E-state index in [2.05, 4.69) is 75.5 Å². The summed E-state index contributed by atoms with van der Waals surface area (Å²) in [4.78, 5) is 37.6. The molecule has 6 heteroatoms. The van der Waals surface area contributed by atoms with Crippen LogP contribution in [0.1, 0.15) is 149 Å². The van der Waals surface area contributed by atoms with E-state index < -0.39 is 18.0 Å². The van der Waals surface area contributed by atoms with Crippen LogP contribution in [0.2, 0.25) is 0 Å². The van der Waals surface area contributed by atoms with E-state index in [1.165, 1.54) is 38.5 Å². The summed E-state index contributed by atoms with van der Waals surface area (Å²) in [6.07, 6.45) is 65.9. The zero-order valence-corrected chi connectivity index (χ0v) is 36.9. The fourth-order valence-electron chi connectivity index (χ4n) is 5.24. The second-order valence-electron chi connectivity index (χ2n) is 14.0. The molecule has 0 heterocycles. The molecule has 0 spiro atoms. The van der Waals surface area contributed by atoms with Gasteiger partial charge in [0.2, 0.25) is 0 Å². The van der Waals surface area contributed by atoms with Crippen molar-refractivity contribution in [1.29, 1.82) is 0 Å². The van der Waals surface area contributed by atoms with Crippen LogP contribution in [-0.2, 0) is 28.6 Å². The standard InChI is InChI=1S/C53H78O6/c1-4-7-10-13-16-19-21-23-24-25-26-27-28-30-31-34-37-40-43-46-52(55)58-49-50(48-57-51(54)45-42-39-36-33-18-15-12-9-6-3)59-53(56)47-44-41-38-35-32-29-22-20-17-14-11-8-5-2/h7,9-10,12-13,16,18-19,21,23-33,38-39,41-42,50H,4-6,8,11,14-15,17,20,22,34-37,40,43-49H2,1-3H3/b10-7-,12-9-,16-13-,21-19-,24-23-,26-25+,28-27-,31-30-,32-29-,33-18-,41-38-,42-39-. The summed E-state index contributed by atoms with van der Waals surface area (Å²) < 4.78 is 16.5. The van der Waals surface area contributed by atoms with Crippen LogP contribution in [-0.4, -0.2) is 37.2 Å². The Morgan fingerprint density at radius 1 is 0.390 bits per heavy atom. The molecule has 0 aliphatic rings. The van der Waals surface area contributed by atoms with Gasteiger partial charge in [-0.15, -0.1) is 0 Å². The first kappa shape index (κ1) is 54.3. The highest BCUT2D eigenvalue weighted by atomic mass is 16.6. The van der Waals surface area contributed by atoms with Gasteiger partial charge < -0.3 is 14.2 Å². The molecular weight excluding hydrogens is 733 g/mol. The molecule has 0 aromatic heterocycles. The fourth-order valence-corrected chi connectivity index (χ4v) is 5.24. The van der Waals surface area contributed by atoms with Crippen molar-refractivity contribution in [2.75, 3.05) is 13.2 Å². The van der Waals surface area contributed by atoms with E-state index in [1.54, 1.807) is 6.08 Å². The molecule has 0 aliphatic carbocycles. The molecule has 1 atom stereocenters. The molecule has 0 saturated heterocycles. The molecular formula is C53H78O6. The van der Waals surface area contributed by atoms with E-state index >= 15 is 0 Å². The molecule has 0 radical (unpaired) electrons. The Balaban J connectivity index is 4.63. The third kappa shape index (κ3) is 44.2. The van der Waals surface area contributed by atoms with E-state index in [1.807, 2.05) is 85.1 Å². The maximum atomic E-state index is 12.7. The molecule has 0 N–H and O–H groups in total. The van der Waals surface area contributed by atoms with Crippen LogP contribution < -0.4 is 0 Å². The Kier molecular flexibility index (Phi) is 42.3. The summed E-state index contributed by atoms with van der Waals surface area (Å²) in [6.45, 7) is 6.12. The monoisotopic (exact) mass is 811 g/mol. The van der Waals surface area contributed by atoms with Gasteiger partial charge in [0.25, 0.3) is 0 Å². The van der Waals surface area contributed by atoms with Crippen molar-refractivity contribution in [2.24, 2.45) is 0 Å². The molecule has 0 saturated carbocycles. The summed E-state index contributed by atoms with van der Waals surface area (Å²) in [5.41, 5.74) is 0. The lowest BCUT2D eigenvalue weighted by Crippen LogP contribution is -2.30. The molecule has 0 aromatic carbocycles. The van der Waals surface area contributed by atoms with Gasteiger partial charge in [0.05, 0.1) is 6.42 Å². The highest BCUT2D eigenvalue weighted by Gasteiger charge is 2.19. The van der Waals surface area contributed by atoms with Gasteiger partial charge in [-0.3, -0.25) is 14.4 Å². The van der Waals surface area contributed by atoms with Crippen LogP contribution in [0.25, 0.3) is 0 Å². The van der Waals surface area contributed by atoms with Crippen LogP contribution in [0.15, 0.2) is 146 Å². The zero-order chi connectivity index (χ0) is 43.0. The summed E-state index contributed by atoms with van der Waals surface area (Å²) in [5.74, 6) is -1.22. The van der Waals surface area contributed by atoms with Crippen LogP contribution in [0.5, 0.6) is 0 Å². The minimum Gasteiger partial charge on any atom is -0.462 e. The highest BCUT2D eigenvalue weighted by Crippen LogP contribution is 2.09. The van der Waals surface area contributed by atoms with Crippen LogP contribution in [0.4, 0.5) is 0 Å². The molecule has 0 aromatic rings. The molecule has 326 valence electrons. The van der Waals surface area contributed by atoms with Gasteiger partial charge in [0.15, 0.2) is 6.10 Å². The van der Waals surface area contributed by atoms with Gasteiger partial charge in [-0.05, 0) is 70.6 Å². The van der Waals surface area contributed by atoms with E-state index in [9.17, 15) is 14.4 Å². The second kappa shape index (κ2) is 46.0. The number of esters is 3. The van der Waals surface area contributed by atoms with Crippen LogP contribution in [0, 0.1) is 0 Å². The maximum absolute atomic E-state index is 12.7. The highest BCUT2D eigenvalue weighted by molar-refractivity contribution is 5.72. The Labute approximate surface area is 359 Å². The third-order valence-electron chi connectivity index (χ3n) is 8.55. The first-order valence-electron chi connectivity index (χ1n) is 22.4. The molecule has 0 aliphatic heterocycles.